The van der Waals surface area contributed by atoms with Gasteiger partial charge in [0.1, 0.15) is 11.6 Å². The summed E-state index contributed by atoms with van der Waals surface area (Å²) >= 11 is 0. The molecule has 62 valence electrons. The van der Waals surface area contributed by atoms with Gasteiger partial charge >= 0.3 is 0 Å². The topological polar surface area (TPSA) is 34.1 Å². The van der Waals surface area contributed by atoms with E-state index in [9.17, 15) is 9.59 Å². The van der Waals surface area contributed by atoms with Gasteiger partial charge < -0.3 is 0 Å². The Morgan fingerprint density at radius 1 is 1.36 bits per heavy atom. The van der Waals surface area contributed by atoms with E-state index < -0.39 is 0 Å². The average Bonchev–Trinajstić information content (AvgIpc) is 1.95. The van der Waals surface area contributed by atoms with Crippen LogP contribution < -0.4 is 0 Å². The molecule has 1 rings (SSSR count). The SMILES string of the molecule is C[C@@H]1C(=O)CCC(C)(C)C1=O. The van der Waals surface area contributed by atoms with Gasteiger partial charge in [0.05, 0.1) is 5.92 Å². The summed E-state index contributed by atoms with van der Waals surface area (Å²) in [6.45, 7) is 5.54. The van der Waals surface area contributed by atoms with Crippen molar-refractivity contribution in [3.05, 3.63) is 0 Å². The van der Waals surface area contributed by atoms with Crippen molar-refractivity contribution in [2.24, 2.45) is 11.3 Å². The molecule has 0 aromatic rings. The Bertz CT molecular complexity index is 204. The van der Waals surface area contributed by atoms with Gasteiger partial charge in [-0.25, -0.2) is 0 Å². The van der Waals surface area contributed by atoms with Gasteiger partial charge in [0.15, 0.2) is 0 Å². The summed E-state index contributed by atoms with van der Waals surface area (Å²) in [4.78, 5) is 22.5. The van der Waals surface area contributed by atoms with Gasteiger partial charge in [0, 0.05) is 11.8 Å². The number of ketones is 2. The highest BCUT2D eigenvalue weighted by atomic mass is 16.2. The number of hydrogen-bond donors (Lipinski definition) is 0. The van der Waals surface area contributed by atoms with Gasteiger partial charge in [-0.15, -0.1) is 0 Å². The lowest BCUT2D eigenvalue weighted by Gasteiger charge is -2.30. The molecule has 0 bridgehead atoms. The van der Waals surface area contributed by atoms with Gasteiger partial charge in [-0.3, -0.25) is 9.59 Å². The van der Waals surface area contributed by atoms with Crippen LogP contribution in [0.3, 0.4) is 0 Å². The standard InChI is InChI=1S/C9H14O2/c1-6-7(10)4-5-9(2,3)8(6)11/h6H,4-5H2,1-3H3/t6-/m1/s1. The van der Waals surface area contributed by atoms with Crippen molar-refractivity contribution in [3.8, 4) is 0 Å². The van der Waals surface area contributed by atoms with Crippen LogP contribution in [0.2, 0.25) is 0 Å². The zero-order valence-electron chi connectivity index (χ0n) is 7.31. The molecule has 0 aromatic carbocycles. The van der Waals surface area contributed by atoms with Crippen molar-refractivity contribution in [1.82, 2.24) is 0 Å². The Labute approximate surface area is 67.0 Å². The van der Waals surface area contributed by atoms with Crippen molar-refractivity contribution in [1.29, 1.82) is 0 Å². The van der Waals surface area contributed by atoms with E-state index in [1.54, 1.807) is 6.92 Å². The number of carbonyl (C=O) groups excluding carboxylic acids is 2. The summed E-state index contributed by atoms with van der Waals surface area (Å²) in [5, 5.41) is 0. The molecule has 0 saturated heterocycles. The van der Waals surface area contributed by atoms with Crippen LogP contribution in [0, 0.1) is 11.3 Å². The molecule has 0 spiro atoms. The molecule has 0 unspecified atom stereocenters. The molecule has 1 aliphatic carbocycles. The smallest absolute Gasteiger partial charge is 0.148 e. The minimum absolute atomic E-state index is 0.105. The minimum atomic E-state index is -0.362. The first-order valence-electron chi connectivity index (χ1n) is 4.02. The Kier molecular flexibility index (Phi) is 1.87. The van der Waals surface area contributed by atoms with E-state index >= 15 is 0 Å². The summed E-state index contributed by atoms with van der Waals surface area (Å²) in [6.07, 6.45) is 1.29. The molecule has 1 fully saturated rings. The minimum Gasteiger partial charge on any atom is -0.299 e. The zero-order valence-corrected chi connectivity index (χ0v) is 7.31. The average molecular weight is 154 g/mol. The molecule has 1 atom stereocenters. The predicted molar refractivity (Wildman–Crippen MR) is 42.2 cm³/mol. The van der Waals surface area contributed by atoms with Gasteiger partial charge in [0.25, 0.3) is 0 Å². The third-order valence-electron chi connectivity index (χ3n) is 2.54. The Balaban J connectivity index is 2.84. The Hall–Kier alpha value is -0.660. The fourth-order valence-corrected chi connectivity index (χ4v) is 1.51. The van der Waals surface area contributed by atoms with Crippen LogP contribution in [0.5, 0.6) is 0 Å². The molecule has 2 heteroatoms. The second-order valence-corrected chi connectivity index (χ2v) is 3.94. The third kappa shape index (κ3) is 1.35. The molecule has 1 saturated carbocycles. The Morgan fingerprint density at radius 2 is 1.91 bits per heavy atom. The highest BCUT2D eigenvalue weighted by molar-refractivity contribution is 6.06. The maximum atomic E-state index is 11.4. The lowest BCUT2D eigenvalue weighted by atomic mass is 9.71. The molecule has 0 aromatic heterocycles. The van der Waals surface area contributed by atoms with E-state index in [2.05, 4.69) is 0 Å². The van der Waals surface area contributed by atoms with Gasteiger partial charge in [-0.05, 0) is 13.3 Å². The van der Waals surface area contributed by atoms with Crippen LogP contribution in [0.1, 0.15) is 33.6 Å². The molecule has 0 aliphatic heterocycles. The molecule has 0 amide bonds. The highest BCUT2D eigenvalue weighted by Crippen LogP contribution is 2.32. The summed E-state index contributed by atoms with van der Waals surface area (Å²) in [6, 6.07) is 0. The van der Waals surface area contributed by atoms with Crippen LogP contribution in [-0.4, -0.2) is 11.6 Å². The van der Waals surface area contributed by atoms with E-state index in [0.29, 0.717) is 6.42 Å². The molecule has 0 radical (unpaired) electrons. The van der Waals surface area contributed by atoms with E-state index in [0.717, 1.165) is 6.42 Å². The maximum Gasteiger partial charge on any atom is 0.148 e. The summed E-state index contributed by atoms with van der Waals surface area (Å²) in [5.41, 5.74) is -0.271. The normalized spacial score (nSPS) is 30.6. The molecular weight excluding hydrogens is 140 g/mol. The van der Waals surface area contributed by atoms with Crippen molar-refractivity contribution >= 4 is 11.6 Å². The maximum absolute atomic E-state index is 11.4. The van der Waals surface area contributed by atoms with Crippen LogP contribution in [0.15, 0.2) is 0 Å². The molecule has 0 heterocycles. The number of carbonyl (C=O) groups is 2. The molecule has 2 nitrogen and oxygen atoms in total. The van der Waals surface area contributed by atoms with Crippen molar-refractivity contribution in [2.45, 2.75) is 33.6 Å². The van der Waals surface area contributed by atoms with Crippen LogP contribution >= 0.6 is 0 Å². The number of hydrogen-bond acceptors (Lipinski definition) is 2. The van der Waals surface area contributed by atoms with Crippen LogP contribution in [-0.2, 0) is 9.59 Å². The largest absolute Gasteiger partial charge is 0.299 e. The number of Topliss-reactive ketones (excluding diaryl/α,β-unsaturated/α-hetero) is 2. The first kappa shape index (κ1) is 8.44. The van der Waals surface area contributed by atoms with Crippen LogP contribution in [0.4, 0.5) is 0 Å². The fraction of sp³-hybridized carbons (Fsp3) is 0.778. The monoisotopic (exact) mass is 154 g/mol. The first-order valence-corrected chi connectivity index (χ1v) is 4.02. The fourth-order valence-electron chi connectivity index (χ4n) is 1.51. The second kappa shape index (κ2) is 2.43. The molecular formula is C9H14O2. The lowest BCUT2D eigenvalue weighted by Crippen LogP contribution is -2.39. The summed E-state index contributed by atoms with van der Waals surface area (Å²) in [7, 11) is 0. The van der Waals surface area contributed by atoms with E-state index in [4.69, 9.17) is 0 Å². The summed E-state index contributed by atoms with van der Waals surface area (Å²) in [5.74, 6) is -0.151. The van der Waals surface area contributed by atoms with Gasteiger partial charge in [0.2, 0.25) is 0 Å². The van der Waals surface area contributed by atoms with Gasteiger partial charge in [-0.1, -0.05) is 13.8 Å². The quantitative estimate of drug-likeness (QED) is 0.496. The van der Waals surface area contributed by atoms with E-state index in [1.807, 2.05) is 13.8 Å². The highest BCUT2D eigenvalue weighted by Gasteiger charge is 2.39. The van der Waals surface area contributed by atoms with Crippen molar-refractivity contribution in [3.63, 3.8) is 0 Å². The van der Waals surface area contributed by atoms with E-state index in [1.165, 1.54) is 0 Å². The summed E-state index contributed by atoms with van der Waals surface area (Å²) < 4.78 is 0. The molecule has 11 heavy (non-hydrogen) atoms. The Morgan fingerprint density at radius 3 is 2.36 bits per heavy atom. The molecule has 0 N–H and O–H groups in total. The van der Waals surface area contributed by atoms with E-state index in [-0.39, 0.29) is 22.9 Å². The van der Waals surface area contributed by atoms with Crippen LogP contribution in [0.25, 0.3) is 0 Å². The third-order valence-corrected chi connectivity index (χ3v) is 2.54. The molecule has 1 aliphatic rings. The number of rotatable bonds is 0. The predicted octanol–water partition coefficient (Wildman–Crippen LogP) is 1.58. The zero-order chi connectivity index (χ0) is 8.65. The van der Waals surface area contributed by atoms with Crippen molar-refractivity contribution < 1.29 is 9.59 Å². The van der Waals surface area contributed by atoms with Crippen molar-refractivity contribution in [2.75, 3.05) is 0 Å². The first-order chi connectivity index (χ1) is 4.95. The lowest BCUT2D eigenvalue weighted by molar-refractivity contribution is -0.142. The van der Waals surface area contributed by atoms with Gasteiger partial charge in [-0.2, -0.15) is 0 Å². The second-order valence-electron chi connectivity index (χ2n) is 3.94.